The third-order valence-electron chi connectivity index (χ3n) is 3.43. The number of hydrogen-bond acceptors (Lipinski definition) is 3. The number of aromatic amines is 1. The number of rotatable bonds is 1. The van der Waals surface area contributed by atoms with Crippen LogP contribution in [0.25, 0.3) is 21.7 Å². The van der Waals surface area contributed by atoms with Crippen molar-refractivity contribution in [3.05, 3.63) is 40.8 Å². The lowest BCUT2D eigenvalue weighted by molar-refractivity contribution is 0.00711. The van der Waals surface area contributed by atoms with Gasteiger partial charge in [-0.05, 0) is 33.8 Å². The van der Waals surface area contributed by atoms with E-state index in [2.05, 4.69) is 9.97 Å². The Labute approximate surface area is 133 Å². The number of H-pyrrole nitrogens is 1. The molecule has 3 rings (SSSR count). The topological polar surface area (TPSA) is 55.0 Å². The van der Waals surface area contributed by atoms with E-state index in [0.717, 1.165) is 27.4 Å². The third kappa shape index (κ3) is 2.55. The highest BCUT2D eigenvalue weighted by Gasteiger charge is 2.23. The Kier molecular flexibility index (Phi) is 3.37. The van der Waals surface area contributed by atoms with Gasteiger partial charge in [0.25, 0.3) is 0 Å². The molecule has 22 heavy (non-hydrogen) atoms. The maximum Gasteiger partial charge on any atom is 0.341 e. The second-order valence-corrected chi connectivity index (χ2v) is 6.73. The van der Waals surface area contributed by atoms with Gasteiger partial charge in [0.1, 0.15) is 10.8 Å². The number of benzene rings is 1. The average Bonchev–Trinajstić information content (AvgIpc) is 2.73. The predicted molar refractivity (Wildman–Crippen MR) is 88.5 cm³/mol. The number of pyridine rings is 1. The standard InChI is InChI=1S/C17H17ClN2O2/c1-9-14(16(21)22-17(2,3)4)11-6-5-10-8-19-13(18)7-12(10)15(11)20-9/h5-8,20H,1-4H3. The summed E-state index contributed by atoms with van der Waals surface area (Å²) >= 11 is 6.00. The fourth-order valence-electron chi connectivity index (χ4n) is 2.58. The van der Waals surface area contributed by atoms with Crippen molar-refractivity contribution in [3.63, 3.8) is 0 Å². The van der Waals surface area contributed by atoms with Gasteiger partial charge in [-0.2, -0.15) is 0 Å². The molecule has 0 amide bonds. The van der Waals surface area contributed by atoms with Crippen molar-refractivity contribution in [2.24, 2.45) is 0 Å². The quantitative estimate of drug-likeness (QED) is 0.526. The van der Waals surface area contributed by atoms with Crippen LogP contribution in [0.5, 0.6) is 0 Å². The monoisotopic (exact) mass is 316 g/mol. The van der Waals surface area contributed by atoms with Crippen LogP contribution in [-0.4, -0.2) is 21.5 Å². The van der Waals surface area contributed by atoms with E-state index < -0.39 is 5.60 Å². The number of aromatic nitrogens is 2. The number of fused-ring (bicyclic) bond motifs is 3. The lowest BCUT2D eigenvalue weighted by Gasteiger charge is -2.19. The fraction of sp³-hybridized carbons (Fsp3) is 0.294. The van der Waals surface area contributed by atoms with E-state index in [1.165, 1.54) is 0 Å². The molecule has 5 heteroatoms. The molecule has 1 aromatic carbocycles. The van der Waals surface area contributed by atoms with Crippen molar-refractivity contribution in [2.75, 3.05) is 0 Å². The van der Waals surface area contributed by atoms with Crippen molar-refractivity contribution in [1.82, 2.24) is 9.97 Å². The second-order valence-electron chi connectivity index (χ2n) is 6.34. The molecule has 0 unspecified atom stereocenters. The molecule has 0 bridgehead atoms. The molecule has 0 aliphatic rings. The van der Waals surface area contributed by atoms with Gasteiger partial charge < -0.3 is 9.72 Å². The number of aryl methyl sites for hydroxylation is 1. The highest BCUT2D eigenvalue weighted by atomic mass is 35.5. The largest absolute Gasteiger partial charge is 0.456 e. The Hall–Kier alpha value is -2.07. The second kappa shape index (κ2) is 4.99. The Bertz CT molecular complexity index is 891. The molecule has 0 saturated carbocycles. The average molecular weight is 317 g/mol. The van der Waals surface area contributed by atoms with Crippen LogP contribution >= 0.6 is 11.6 Å². The Balaban J connectivity index is 2.24. The molecule has 114 valence electrons. The molecule has 0 aliphatic carbocycles. The van der Waals surface area contributed by atoms with Crippen LogP contribution in [0.2, 0.25) is 5.15 Å². The van der Waals surface area contributed by atoms with Gasteiger partial charge in [-0.25, -0.2) is 9.78 Å². The summed E-state index contributed by atoms with van der Waals surface area (Å²) in [5.41, 5.74) is 1.70. The zero-order valence-electron chi connectivity index (χ0n) is 13.0. The van der Waals surface area contributed by atoms with Crippen LogP contribution in [0.1, 0.15) is 36.8 Å². The van der Waals surface area contributed by atoms with Gasteiger partial charge in [-0.15, -0.1) is 0 Å². The lowest BCUT2D eigenvalue weighted by Crippen LogP contribution is -2.24. The van der Waals surface area contributed by atoms with E-state index in [-0.39, 0.29) is 5.97 Å². The third-order valence-corrected chi connectivity index (χ3v) is 3.64. The van der Waals surface area contributed by atoms with E-state index in [4.69, 9.17) is 16.3 Å². The maximum absolute atomic E-state index is 12.5. The van der Waals surface area contributed by atoms with Gasteiger partial charge in [-0.3, -0.25) is 0 Å². The van der Waals surface area contributed by atoms with Crippen LogP contribution in [0.3, 0.4) is 0 Å². The molecular weight excluding hydrogens is 300 g/mol. The fourth-order valence-corrected chi connectivity index (χ4v) is 2.74. The summed E-state index contributed by atoms with van der Waals surface area (Å²) in [5, 5.41) is 3.16. The minimum absolute atomic E-state index is 0.323. The number of carbonyl (C=O) groups is 1. The first-order valence-corrected chi connectivity index (χ1v) is 7.44. The number of nitrogens with zero attached hydrogens (tertiary/aromatic N) is 1. The summed E-state index contributed by atoms with van der Waals surface area (Å²) in [6.07, 6.45) is 1.72. The number of esters is 1. The predicted octanol–water partition coefficient (Wildman–Crippen LogP) is 4.63. The minimum atomic E-state index is -0.531. The zero-order valence-corrected chi connectivity index (χ0v) is 13.7. The molecular formula is C17H17ClN2O2. The van der Waals surface area contributed by atoms with Crippen LogP contribution in [-0.2, 0) is 4.74 Å². The summed E-state index contributed by atoms with van der Waals surface area (Å²) in [4.78, 5) is 19.8. The summed E-state index contributed by atoms with van der Waals surface area (Å²) in [6.45, 7) is 7.44. The molecule has 2 aromatic heterocycles. The summed E-state index contributed by atoms with van der Waals surface area (Å²) in [6, 6.07) is 5.65. The molecule has 1 N–H and O–H groups in total. The van der Waals surface area contributed by atoms with Crippen molar-refractivity contribution in [2.45, 2.75) is 33.3 Å². The van der Waals surface area contributed by atoms with Crippen LogP contribution in [0.4, 0.5) is 0 Å². The number of halogens is 1. The molecule has 2 heterocycles. The number of carbonyl (C=O) groups excluding carboxylic acids is 1. The van der Waals surface area contributed by atoms with Crippen molar-refractivity contribution in [3.8, 4) is 0 Å². The van der Waals surface area contributed by atoms with E-state index in [1.54, 1.807) is 12.3 Å². The van der Waals surface area contributed by atoms with Crippen molar-refractivity contribution < 1.29 is 9.53 Å². The molecule has 0 atom stereocenters. The maximum atomic E-state index is 12.5. The first-order valence-electron chi connectivity index (χ1n) is 7.06. The molecule has 0 fully saturated rings. The van der Waals surface area contributed by atoms with Gasteiger partial charge in [0.2, 0.25) is 0 Å². The Morgan fingerprint density at radius 1 is 1.27 bits per heavy atom. The molecule has 0 aliphatic heterocycles. The Morgan fingerprint density at radius 3 is 2.68 bits per heavy atom. The molecule has 4 nitrogen and oxygen atoms in total. The van der Waals surface area contributed by atoms with E-state index >= 15 is 0 Å². The highest BCUT2D eigenvalue weighted by molar-refractivity contribution is 6.30. The summed E-state index contributed by atoms with van der Waals surface area (Å²) < 4.78 is 5.51. The van der Waals surface area contributed by atoms with Gasteiger partial charge in [-0.1, -0.05) is 23.7 Å². The molecule has 0 saturated heterocycles. The van der Waals surface area contributed by atoms with Crippen LogP contribution in [0.15, 0.2) is 24.4 Å². The van der Waals surface area contributed by atoms with Crippen LogP contribution < -0.4 is 0 Å². The first kappa shape index (κ1) is 14.9. The molecule has 0 radical (unpaired) electrons. The highest BCUT2D eigenvalue weighted by Crippen LogP contribution is 2.31. The lowest BCUT2D eigenvalue weighted by atomic mass is 10.1. The summed E-state index contributed by atoms with van der Waals surface area (Å²) in [5.74, 6) is -0.323. The van der Waals surface area contributed by atoms with Gasteiger partial charge in [0.05, 0.1) is 11.1 Å². The van der Waals surface area contributed by atoms with E-state index in [1.807, 2.05) is 39.8 Å². The SMILES string of the molecule is Cc1[nH]c2c(ccc3cnc(Cl)cc32)c1C(=O)OC(C)(C)C. The van der Waals surface area contributed by atoms with Gasteiger partial charge in [0.15, 0.2) is 0 Å². The van der Waals surface area contributed by atoms with E-state index in [0.29, 0.717) is 10.7 Å². The Morgan fingerprint density at radius 2 is 2.00 bits per heavy atom. The molecule has 0 spiro atoms. The smallest absolute Gasteiger partial charge is 0.341 e. The van der Waals surface area contributed by atoms with Gasteiger partial charge in [0, 0.05) is 28.0 Å². The normalized spacial score (nSPS) is 12.0. The minimum Gasteiger partial charge on any atom is -0.456 e. The zero-order chi connectivity index (χ0) is 16.1. The van der Waals surface area contributed by atoms with Crippen LogP contribution in [0, 0.1) is 6.92 Å². The van der Waals surface area contributed by atoms with Gasteiger partial charge >= 0.3 is 5.97 Å². The first-order chi connectivity index (χ1) is 10.3. The number of hydrogen-bond donors (Lipinski definition) is 1. The van der Waals surface area contributed by atoms with E-state index in [9.17, 15) is 4.79 Å². The number of ether oxygens (including phenoxy) is 1. The number of nitrogens with one attached hydrogen (secondary N) is 1. The van der Waals surface area contributed by atoms with Crippen molar-refractivity contribution in [1.29, 1.82) is 0 Å². The molecule has 3 aromatic rings. The van der Waals surface area contributed by atoms with Crippen molar-refractivity contribution >= 4 is 39.2 Å². The summed E-state index contributed by atoms with van der Waals surface area (Å²) in [7, 11) is 0.